The van der Waals surface area contributed by atoms with Crippen LogP contribution in [0.3, 0.4) is 0 Å². The lowest BCUT2D eigenvalue weighted by molar-refractivity contribution is -0.211. The van der Waals surface area contributed by atoms with Crippen LogP contribution in [0.4, 0.5) is 0 Å². The van der Waals surface area contributed by atoms with Crippen molar-refractivity contribution in [3.05, 3.63) is 24.3 Å². The summed E-state index contributed by atoms with van der Waals surface area (Å²) >= 11 is 5.46. The van der Waals surface area contributed by atoms with E-state index in [2.05, 4.69) is 0 Å². The van der Waals surface area contributed by atoms with E-state index in [1.807, 2.05) is 31.2 Å². The monoisotopic (exact) mass is 331 g/mol. The Kier molecular flexibility index (Phi) is 7.21. The van der Waals surface area contributed by atoms with Crippen LogP contribution in [-0.2, 0) is 9.47 Å². The van der Waals surface area contributed by atoms with Gasteiger partial charge in [0.2, 0.25) is 6.41 Å². The van der Waals surface area contributed by atoms with E-state index in [9.17, 15) is 5.11 Å². The first-order valence-corrected chi connectivity index (χ1v) is 7.84. The molecule has 0 spiro atoms. The van der Waals surface area contributed by atoms with E-state index < -0.39 is 6.41 Å². The number of aliphatic hydroxyl groups excluding tert-OH is 1. The number of morpholine rings is 1. The molecule has 1 aromatic rings. The average Bonchev–Trinajstić information content (AvgIpc) is 2.55. The first-order chi connectivity index (χ1) is 10.7. The van der Waals surface area contributed by atoms with Crippen molar-refractivity contribution in [2.45, 2.75) is 19.4 Å². The fourth-order valence-corrected chi connectivity index (χ4v) is 2.34. The molecule has 1 N–H and O–H groups in total. The second kappa shape index (κ2) is 9.17. The Morgan fingerprint density at radius 2 is 2.09 bits per heavy atom. The molecule has 7 heteroatoms. The third-order valence-electron chi connectivity index (χ3n) is 3.27. The molecule has 22 heavy (non-hydrogen) atoms. The van der Waals surface area contributed by atoms with E-state index in [1.54, 1.807) is 4.90 Å². The topological polar surface area (TPSA) is 60.4 Å². The number of rotatable bonds is 8. The summed E-state index contributed by atoms with van der Waals surface area (Å²) in [5, 5.41) is 9.79. The van der Waals surface area contributed by atoms with Crippen molar-refractivity contribution >= 4 is 11.6 Å². The van der Waals surface area contributed by atoms with Crippen molar-refractivity contribution in [3.63, 3.8) is 0 Å². The zero-order valence-electron chi connectivity index (χ0n) is 12.6. The lowest BCUT2D eigenvalue weighted by atomic mass is 10.3. The number of alkyl halides is 1. The maximum atomic E-state index is 9.79. The van der Waals surface area contributed by atoms with Gasteiger partial charge < -0.3 is 24.1 Å². The highest BCUT2D eigenvalue weighted by Gasteiger charge is 2.26. The average molecular weight is 332 g/mol. The molecular formula is C15H22ClNO5. The molecule has 1 aromatic carbocycles. The van der Waals surface area contributed by atoms with Crippen LogP contribution >= 0.6 is 11.6 Å². The molecule has 2 unspecified atom stereocenters. The van der Waals surface area contributed by atoms with E-state index in [0.29, 0.717) is 44.4 Å². The SMILES string of the molecule is CCOc1ccccc1OCC1CN(C(O)OCCl)CCO1. The van der Waals surface area contributed by atoms with Crippen LogP contribution in [0.1, 0.15) is 6.92 Å². The minimum absolute atomic E-state index is 0.0541. The van der Waals surface area contributed by atoms with Gasteiger partial charge in [-0.25, -0.2) is 0 Å². The van der Waals surface area contributed by atoms with E-state index in [1.165, 1.54) is 0 Å². The van der Waals surface area contributed by atoms with Crippen LogP contribution in [0.15, 0.2) is 24.3 Å². The highest BCUT2D eigenvalue weighted by Crippen LogP contribution is 2.26. The van der Waals surface area contributed by atoms with Crippen LogP contribution in [0.2, 0.25) is 0 Å². The smallest absolute Gasteiger partial charge is 0.217 e. The summed E-state index contributed by atoms with van der Waals surface area (Å²) in [6, 6.07) is 7.46. The van der Waals surface area contributed by atoms with Gasteiger partial charge in [-0.15, -0.1) is 0 Å². The Labute approximate surface area is 135 Å². The summed E-state index contributed by atoms with van der Waals surface area (Å²) in [7, 11) is 0. The van der Waals surface area contributed by atoms with Crippen LogP contribution in [0, 0.1) is 0 Å². The molecule has 1 fully saturated rings. The quantitative estimate of drug-likeness (QED) is 0.577. The zero-order valence-corrected chi connectivity index (χ0v) is 13.4. The highest BCUT2D eigenvalue weighted by molar-refractivity contribution is 6.17. The Morgan fingerprint density at radius 3 is 2.77 bits per heavy atom. The predicted molar refractivity (Wildman–Crippen MR) is 82.2 cm³/mol. The van der Waals surface area contributed by atoms with Crippen LogP contribution < -0.4 is 9.47 Å². The fourth-order valence-electron chi connectivity index (χ4n) is 2.23. The minimum Gasteiger partial charge on any atom is -0.490 e. The molecule has 1 saturated heterocycles. The second-order valence-corrected chi connectivity index (χ2v) is 5.00. The third kappa shape index (κ3) is 5.00. The van der Waals surface area contributed by atoms with Crippen molar-refractivity contribution in [2.24, 2.45) is 0 Å². The summed E-state index contributed by atoms with van der Waals surface area (Å²) in [4.78, 5) is 1.76. The van der Waals surface area contributed by atoms with Crippen LogP contribution in [0.5, 0.6) is 11.5 Å². The number of ether oxygens (including phenoxy) is 4. The number of hydrogen-bond acceptors (Lipinski definition) is 6. The molecule has 1 aliphatic heterocycles. The van der Waals surface area contributed by atoms with Crippen molar-refractivity contribution in [1.82, 2.24) is 4.90 Å². The van der Waals surface area contributed by atoms with Crippen LogP contribution in [-0.4, -0.2) is 61.5 Å². The number of nitrogens with zero attached hydrogens (tertiary/aromatic N) is 1. The molecule has 2 rings (SSSR count). The molecule has 0 radical (unpaired) electrons. The fraction of sp³-hybridized carbons (Fsp3) is 0.600. The Morgan fingerprint density at radius 1 is 1.36 bits per heavy atom. The van der Waals surface area contributed by atoms with Crippen molar-refractivity contribution < 1.29 is 24.1 Å². The van der Waals surface area contributed by atoms with Gasteiger partial charge in [0.1, 0.15) is 18.8 Å². The lowest BCUT2D eigenvalue weighted by Crippen LogP contribution is -2.50. The maximum absolute atomic E-state index is 9.79. The van der Waals surface area contributed by atoms with Gasteiger partial charge in [-0.3, -0.25) is 4.90 Å². The first kappa shape index (κ1) is 17.3. The van der Waals surface area contributed by atoms with Crippen molar-refractivity contribution in [1.29, 1.82) is 0 Å². The normalized spacial score (nSPS) is 20.6. The van der Waals surface area contributed by atoms with Gasteiger partial charge in [0.15, 0.2) is 11.5 Å². The molecule has 0 aromatic heterocycles. The largest absolute Gasteiger partial charge is 0.490 e. The van der Waals surface area contributed by atoms with Gasteiger partial charge >= 0.3 is 0 Å². The standard InChI is InChI=1S/C15H22ClNO5/c1-2-19-13-5-3-4-6-14(13)21-10-12-9-17(7-8-20-12)15(18)22-11-16/h3-6,12,15,18H,2,7-11H2,1H3. The van der Waals surface area contributed by atoms with Gasteiger partial charge in [0.05, 0.1) is 13.2 Å². The zero-order chi connectivity index (χ0) is 15.8. The third-order valence-corrected chi connectivity index (χ3v) is 3.39. The summed E-state index contributed by atoms with van der Waals surface area (Å²) in [6.45, 7) is 4.48. The Balaban J connectivity index is 1.86. The van der Waals surface area contributed by atoms with E-state index >= 15 is 0 Å². The summed E-state index contributed by atoms with van der Waals surface area (Å²) in [5.74, 6) is 1.39. The van der Waals surface area contributed by atoms with Gasteiger partial charge in [-0.1, -0.05) is 23.7 Å². The van der Waals surface area contributed by atoms with Gasteiger partial charge in [-0.2, -0.15) is 0 Å². The van der Waals surface area contributed by atoms with Gasteiger partial charge in [0, 0.05) is 13.1 Å². The number of hydrogen-bond donors (Lipinski definition) is 1. The van der Waals surface area contributed by atoms with E-state index in [-0.39, 0.29) is 12.2 Å². The molecule has 0 amide bonds. The molecule has 0 saturated carbocycles. The molecule has 6 nitrogen and oxygen atoms in total. The van der Waals surface area contributed by atoms with E-state index in [4.69, 9.17) is 30.5 Å². The Hall–Kier alpha value is -1.05. The van der Waals surface area contributed by atoms with E-state index in [0.717, 1.165) is 0 Å². The summed E-state index contributed by atoms with van der Waals surface area (Å²) < 4.78 is 21.9. The predicted octanol–water partition coefficient (Wildman–Crippen LogP) is 1.65. The van der Waals surface area contributed by atoms with Gasteiger partial charge in [0.25, 0.3) is 0 Å². The molecule has 2 atom stereocenters. The molecular weight excluding hydrogens is 310 g/mol. The number of benzene rings is 1. The summed E-state index contributed by atoms with van der Waals surface area (Å²) in [5.41, 5.74) is 0. The molecule has 0 aliphatic carbocycles. The van der Waals surface area contributed by atoms with Crippen molar-refractivity contribution in [2.75, 3.05) is 39.0 Å². The molecule has 1 heterocycles. The highest BCUT2D eigenvalue weighted by atomic mass is 35.5. The number of para-hydroxylation sites is 2. The number of halogens is 1. The summed E-state index contributed by atoms with van der Waals surface area (Å²) in [6.07, 6.45) is -1.17. The number of aliphatic hydroxyl groups is 1. The van der Waals surface area contributed by atoms with Gasteiger partial charge in [-0.05, 0) is 19.1 Å². The maximum Gasteiger partial charge on any atom is 0.217 e. The van der Waals surface area contributed by atoms with Crippen molar-refractivity contribution in [3.8, 4) is 11.5 Å². The molecule has 1 aliphatic rings. The lowest BCUT2D eigenvalue weighted by Gasteiger charge is -2.35. The minimum atomic E-state index is -1.01. The molecule has 0 bridgehead atoms. The molecule has 124 valence electrons. The second-order valence-electron chi connectivity index (χ2n) is 4.78. The Bertz CT molecular complexity index is 448. The van der Waals surface area contributed by atoms with Crippen LogP contribution in [0.25, 0.3) is 0 Å². The first-order valence-electron chi connectivity index (χ1n) is 7.30.